The summed E-state index contributed by atoms with van der Waals surface area (Å²) in [7, 11) is 0. The van der Waals surface area contributed by atoms with Gasteiger partial charge in [0.05, 0.1) is 12.7 Å². The molecule has 13 heavy (non-hydrogen) atoms. The lowest BCUT2D eigenvalue weighted by molar-refractivity contribution is -0.122. The third kappa shape index (κ3) is 3.21. The first-order valence-electron chi connectivity index (χ1n) is 4.68. The maximum absolute atomic E-state index is 11.2. The molecule has 2 nitrogen and oxygen atoms in total. The molecule has 1 aliphatic rings. The summed E-state index contributed by atoms with van der Waals surface area (Å²) in [6.07, 6.45) is 4.43. The van der Waals surface area contributed by atoms with Gasteiger partial charge in [0.15, 0.2) is 5.78 Å². The number of carbonyl (C=O) groups excluding carboxylic acids is 1. The quantitative estimate of drug-likeness (QED) is 0.623. The Morgan fingerprint density at radius 1 is 1.54 bits per heavy atom. The number of ketones is 1. The third-order valence-corrected chi connectivity index (χ3v) is 2.06. The Kier molecular flexibility index (Phi) is 2.51. The van der Waals surface area contributed by atoms with Gasteiger partial charge in [-0.25, -0.2) is 0 Å². The lowest BCUT2D eigenvalue weighted by Crippen LogP contribution is -2.36. The van der Waals surface area contributed by atoms with Crippen molar-refractivity contribution in [2.75, 3.05) is 0 Å². The lowest BCUT2D eigenvalue weighted by atomic mass is 9.80. The molecule has 0 aromatic carbocycles. The number of ether oxygens (including phenoxy) is 1. The third-order valence-electron chi connectivity index (χ3n) is 2.06. The molecule has 0 N–H and O–H groups in total. The van der Waals surface area contributed by atoms with Gasteiger partial charge in [0.2, 0.25) is 0 Å². The predicted octanol–water partition coefficient (Wildman–Crippen LogP) is 2.68. The summed E-state index contributed by atoms with van der Waals surface area (Å²) in [5.74, 6) is 0.165. The number of hydrogen-bond acceptors (Lipinski definition) is 2. The van der Waals surface area contributed by atoms with Crippen molar-refractivity contribution in [1.29, 1.82) is 0 Å². The van der Waals surface area contributed by atoms with E-state index in [4.69, 9.17) is 4.74 Å². The maximum atomic E-state index is 11.2. The summed E-state index contributed by atoms with van der Waals surface area (Å²) in [6.45, 7) is 8.47. The molecule has 0 aromatic rings. The zero-order valence-corrected chi connectivity index (χ0v) is 8.89. The van der Waals surface area contributed by atoms with Gasteiger partial charge in [0.1, 0.15) is 5.60 Å². The van der Waals surface area contributed by atoms with Crippen molar-refractivity contribution in [3.63, 3.8) is 0 Å². The molecule has 0 radical (unpaired) electrons. The number of rotatable bonds is 1. The molecule has 0 spiro atoms. The first-order valence-corrected chi connectivity index (χ1v) is 4.68. The van der Waals surface area contributed by atoms with Gasteiger partial charge in [0, 0.05) is 6.08 Å². The second kappa shape index (κ2) is 3.17. The van der Waals surface area contributed by atoms with E-state index in [-0.39, 0.29) is 16.8 Å². The summed E-state index contributed by atoms with van der Waals surface area (Å²) in [5.41, 5.74) is -0.107. The molecule has 1 aliphatic heterocycles. The van der Waals surface area contributed by atoms with Crippen LogP contribution in [0.25, 0.3) is 0 Å². The van der Waals surface area contributed by atoms with Crippen molar-refractivity contribution in [1.82, 2.24) is 0 Å². The molecule has 0 bridgehead atoms. The Morgan fingerprint density at radius 3 is 2.62 bits per heavy atom. The van der Waals surface area contributed by atoms with E-state index < -0.39 is 0 Å². The number of carbonyl (C=O) groups is 1. The van der Waals surface area contributed by atoms with Gasteiger partial charge in [-0.15, -0.1) is 0 Å². The highest BCUT2D eigenvalue weighted by atomic mass is 16.5. The molecule has 0 fully saturated rings. The number of hydrogen-bond donors (Lipinski definition) is 0. The second-order valence-electron chi connectivity index (χ2n) is 5.25. The van der Waals surface area contributed by atoms with E-state index in [0.717, 1.165) is 6.42 Å². The fraction of sp³-hybridized carbons (Fsp3) is 0.727. The molecular weight excluding hydrogens is 164 g/mol. The Labute approximate surface area is 80.0 Å². The summed E-state index contributed by atoms with van der Waals surface area (Å²) in [5, 5.41) is 0. The van der Waals surface area contributed by atoms with Crippen LogP contribution in [-0.4, -0.2) is 11.4 Å². The van der Waals surface area contributed by atoms with Crippen LogP contribution >= 0.6 is 0 Å². The van der Waals surface area contributed by atoms with E-state index in [2.05, 4.69) is 20.8 Å². The van der Waals surface area contributed by atoms with Gasteiger partial charge in [0.25, 0.3) is 0 Å². The van der Waals surface area contributed by atoms with Gasteiger partial charge >= 0.3 is 0 Å². The first-order chi connectivity index (χ1) is 5.81. The average Bonchev–Trinajstić information content (AvgIpc) is 1.79. The van der Waals surface area contributed by atoms with Gasteiger partial charge in [-0.3, -0.25) is 4.79 Å². The molecular formula is C11H18O2. The Bertz CT molecular complexity index is 235. The van der Waals surface area contributed by atoms with E-state index in [1.165, 1.54) is 12.3 Å². The normalized spacial score (nSPS) is 28.8. The van der Waals surface area contributed by atoms with Crippen molar-refractivity contribution in [2.24, 2.45) is 5.41 Å². The molecule has 2 heteroatoms. The minimum Gasteiger partial charge on any atom is -0.495 e. The molecule has 1 unspecified atom stereocenters. The Hall–Kier alpha value is -0.790. The maximum Gasteiger partial charge on any atom is 0.162 e. The second-order valence-corrected chi connectivity index (χ2v) is 5.25. The minimum atomic E-state index is -0.302. The van der Waals surface area contributed by atoms with E-state index in [9.17, 15) is 4.79 Å². The van der Waals surface area contributed by atoms with Crippen LogP contribution in [0.5, 0.6) is 0 Å². The highest BCUT2D eigenvalue weighted by Gasteiger charge is 2.34. The molecule has 1 atom stereocenters. The van der Waals surface area contributed by atoms with Crippen LogP contribution in [0.15, 0.2) is 12.3 Å². The average molecular weight is 182 g/mol. The highest BCUT2D eigenvalue weighted by Crippen LogP contribution is 2.34. The van der Waals surface area contributed by atoms with Gasteiger partial charge in [-0.2, -0.15) is 0 Å². The fourth-order valence-corrected chi connectivity index (χ4v) is 1.97. The van der Waals surface area contributed by atoms with E-state index in [1.54, 1.807) is 0 Å². The molecule has 1 rings (SSSR count). The van der Waals surface area contributed by atoms with Gasteiger partial charge in [-0.05, 0) is 18.8 Å². The molecule has 74 valence electrons. The van der Waals surface area contributed by atoms with E-state index >= 15 is 0 Å². The largest absolute Gasteiger partial charge is 0.495 e. The summed E-state index contributed by atoms with van der Waals surface area (Å²) in [4.78, 5) is 11.2. The topological polar surface area (TPSA) is 26.3 Å². The predicted molar refractivity (Wildman–Crippen MR) is 52.3 cm³/mol. The zero-order chi connectivity index (χ0) is 10.1. The molecule has 0 aromatic heterocycles. The number of allylic oxidation sites excluding steroid dienone is 1. The van der Waals surface area contributed by atoms with Gasteiger partial charge in [-0.1, -0.05) is 20.8 Å². The molecule has 1 heterocycles. The molecule has 0 amide bonds. The Morgan fingerprint density at radius 2 is 2.15 bits per heavy atom. The molecule has 0 aliphatic carbocycles. The zero-order valence-electron chi connectivity index (χ0n) is 8.89. The van der Waals surface area contributed by atoms with Crippen molar-refractivity contribution in [3.05, 3.63) is 12.3 Å². The van der Waals surface area contributed by atoms with Crippen LogP contribution in [0.3, 0.4) is 0 Å². The fourth-order valence-electron chi connectivity index (χ4n) is 1.97. The Balaban J connectivity index is 2.67. The van der Waals surface area contributed by atoms with Crippen molar-refractivity contribution < 1.29 is 9.53 Å². The molecule has 0 saturated heterocycles. The van der Waals surface area contributed by atoms with Crippen LogP contribution in [-0.2, 0) is 9.53 Å². The minimum absolute atomic E-state index is 0.165. The van der Waals surface area contributed by atoms with E-state index in [0.29, 0.717) is 6.42 Å². The summed E-state index contributed by atoms with van der Waals surface area (Å²) in [6, 6.07) is 0. The van der Waals surface area contributed by atoms with E-state index in [1.807, 2.05) is 6.92 Å². The summed E-state index contributed by atoms with van der Waals surface area (Å²) < 4.78 is 5.51. The summed E-state index contributed by atoms with van der Waals surface area (Å²) >= 11 is 0. The van der Waals surface area contributed by atoms with Crippen molar-refractivity contribution >= 4 is 5.78 Å². The highest BCUT2D eigenvalue weighted by molar-refractivity contribution is 5.90. The van der Waals surface area contributed by atoms with Crippen LogP contribution in [0, 0.1) is 5.41 Å². The smallest absolute Gasteiger partial charge is 0.162 e. The van der Waals surface area contributed by atoms with Crippen LogP contribution in [0.4, 0.5) is 0 Å². The lowest BCUT2D eigenvalue weighted by Gasteiger charge is -2.36. The van der Waals surface area contributed by atoms with Crippen LogP contribution < -0.4 is 0 Å². The van der Waals surface area contributed by atoms with Crippen LogP contribution in [0.2, 0.25) is 0 Å². The van der Waals surface area contributed by atoms with Crippen molar-refractivity contribution in [3.8, 4) is 0 Å². The van der Waals surface area contributed by atoms with Gasteiger partial charge < -0.3 is 4.74 Å². The molecule has 0 saturated carbocycles. The monoisotopic (exact) mass is 182 g/mol. The SMILES string of the molecule is CC(C)(C)CC1(C)CC(=O)C=CO1. The standard InChI is InChI=1S/C11H18O2/c1-10(2,3)8-11(4)7-9(12)5-6-13-11/h5-6H,7-8H2,1-4H3. The van der Waals surface area contributed by atoms with Crippen molar-refractivity contribution in [2.45, 2.75) is 46.1 Å². The first kappa shape index (κ1) is 10.3. The van der Waals surface area contributed by atoms with Crippen LogP contribution in [0.1, 0.15) is 40.5 Å².